The molecule has 2 aliphatic heterocycles. The van der Waals surface area contributed by atoms with E-state index in [-0.39, 0.29) is 24.0 Å². The number of nitrogens with zero attached hydrogens (tertiary/aromatic N) is 4. The quantitative estimate of drug-likeness (QED) is 0.689. The van der Waals surface area contributed by atoms with Gasteiger partial charge in [0.05, 0.1) is 48.3 Å². The molecule has 0 radical (unpaired) electrons. The van der Waals surface area contributed by atoms with Crippen molar-refractivity contribution in [3.63, 3.8) is 0 Å². The minimum absolute atomic E-state index is 0.0903. The van der Waals surface area contributed by atoms with Crippen molar-refractivity contribution >= 4 is 22.9 Å². The number of benzene rings is 1. The van der Waals surface area contributed by atoms with E-state index >= 15 is 0 Å². The number of hydrogen-bond donors (Lipinski definition) is 2. The van der Waals surface area contributed by atoms with E-state index < -0.39 is 6.09 Å². The molecule has 0 saturated carbocycles. The van der Waals surface area contributed by atoms with Crippen molar-refractivity contribution in [2.75, 3.05) is 13.2 Å². The summed E-state index contributed by atoms with van der Waals surface area (Å²) >= 11 is 0. The summed E-state index contributed by atoms with van der Waals surface area (Å²) in [4.78, 5) is 26.3. The van der Waals surface area contributed by atoms with Crippen LogP contribution in [0.4, 0.5) is 4.79 Å². The van der Waals surface area contributed by atoms with E-state index in [0.717, 1.165) is 16.6 Å². The van der Waals surface area contributed by atoms with Crippen LogP contribution in [0.1, 0.15) is 23.2 Å². The molecule has 0 aliphatic carbocycles. The highest BCUT2D eigenvalue weighted by molar-refractivity contribution is 6.07. The molecular weight excluding hydrogens is 386 g/mol. The van der Waals surface area contributed by atoms with E-state index in [1.165, 1.54) is 4.90 Å². The van der Waals surface area contributed by atoms with E-state index in [0.29, 0.717) is 31.6 Å². The third-order valence-corrected chi connectivity index (χ3v) is 6.00. The van der Waals surface area contributed by atoms with Gasteiger partial charge in [-0.2, -0.15) is 5.10 Å². The number of aromatic nitrogens is 3. The summed E-state index contributed by atoms with van der Waals surface area (Å²) in [6.45, 7) is 0.741. The Morgan fingerprint density at radius 3 is 2.57 bits per heavy atom. The largest absolute Gasteiger partial charge is 0.465 e. The summed E-state index contributed by atoms with van der Waals surface area (Å²) < 4.78 is 9.23. The number of fused-ring (bicyclic) bond motifs is 3. The number of carboxylic acid groups (broad SMARTS) is 1. The first-order valence-electron chi connectivity index (χ1n) is 10.00. The molecule has 2 saturated heterocycles. The molecule has 4 heterocycles. The number of aryl methyl sites for hydroxylation is 1. The average molecular weight is 409 g/mol. The molecule has 9 heteroatoms. The third kappa shape index (κ3) is 3.11. The zero-order chi connectivity index (χ0) is 20.8. The Kier molecular flexibility index (Phi) is 4.47. The van der Waals surface area contributed by atoms with Gasteiger partial charge in [-0.05, 0) is 18.9 Å². The number of hydrogen-bond acceptors (Lipinski definition) is 4. The summed E-state index contributed by atoms with van der Waals surface area (Å²) in [7, 11) is 1.85. The van der Waals surface area contributed by atoms with Crippen LogP contribution in [0.3, 0.4) is 0 Å². The predicted molar refractivity (Wildman–Crippen MR) is 109 cm³/mol. The van der Waals surface area contributed by atoms with Crippen molar-refractivity contribution in [3.05, 3.63) is 48.4 Å². The molecule has 2 fully saturated rings. The standard InChI is InChI=1S/C21H23N5O4/c1-24-9-16(8-22-24)25-10-18(17-4-2-3-5-19(17)25)20(27)23-13-6-14-11-30-12-15(7-13)26(14)21(28)29/h2-5,8-10,13-15H,6-7,11-12H2,1H3,(H,23,27)(H,28,29)/t13-,14-,15+. The van der Waals surface area contributed by atoms with Crippen LogP contribution in [0.15, 0.2) is 42.9 Å². The molecule has 1 aromatic carbocycles. The van der Waals surface area contributed by atoms with E-state index in [1.54, 1.807) is 10.9 Å². The second-order valence-electron chi connectivity index (χ2n) is 7.98. The van der Waals surface area contributed by atoms with Crippen molar-refractivity contribution in [3.8, 4) is 5.69 Å². The lowest BCUT2D eigenvalue weighted by atomic mass is 9.90. The molecular formula is C21H23N5O4. The lowest BCUT2D eigenvalue weighted by Gasteiger charge is -2.46. The summed E-state index contributed by atoms with van der Waals surface area (Å²) in [6.07, 6.45) is 5.69. The lowest BCUT2D eigenvalue weighted by molar-refractivity contribution is -0.0660. The van der Waals surface area contributed by atoms with E-state index in [1.807, 2.05) is 48.3 Å². The highest BCUT2D eigenvalue weighted by Gasteiger charge is 2.42. The number of amides is 2. The average Bonchev–Trinajstić information content (AvgIpc) is 3.30. The van der Waals surface area contributed by atoms with Crippen LogP contribution in [0.5, 0.6) is 0 Å². The molecule has 2 aliphatic rings. The molecule has 3 atom stereocenters. The van der Waals surface area contributed by atoms with Crippen molar-refractivity contribution < 1.29 is 19.4 Å². The van der Waals surface area contributed by atoms with Crippen molar-refractivity contribution in [2.45, 2.75) is 31.0 Å². The van der Waals surface area contributed by atoms with Gasteiger partial charge in [-0.3, -0.25) is 14.4 Å². The molecule has 2 N–H and O–H groups in total. The molecule has 5 rings (SSSR count). The fraction of sp³-hybridized carbons (Fsp3) is 0.381. The number of carbonyl (C=O) groups excluding carboxylic acids is 1. The summed E-state index contributed by atoms with van der Waals surface area (Å²) in [5.41, 5.74) is 2.41. The predicted octanol–water partition coefficient (Wildman–Crippen LogP) is 2.00. The van der Waals surface area contributed by atoms with Gasteiger partial charge in [0.1, 0.15) is 0 Å². The zero-order valence-electron chi connectivity index (χ0n) is 16.6. The summed E-state index contributed by atoms with van der Waals surface area (Å²) in [5, 5.41) is 17.7. The highest BCUT2D eigenvalue weighted by Crippen LogP contribution is 2.29. The van der Waals surface area contributed by atoms with Crippen molar-refractivity contribution in [1.82, 2.24) is 24.6 Å². The minimum Gasteiger partial charge on any atom is -0.465 e. The third-order valence-electron chi connectivity index (χ3n) is 6.00. The van der Waals surface area contributed by atoms with Crippen LogP contribution < -0.4 is 5.32 Å². The van der Waals surface area contributed by atoms with Crippen molar-refractivity contribution in [1.29, 1.82) is 0 Å². The second-order valence-corrected chi connectivity index (χ2v) is 7.98. The fourth-order valence-electron chi connectivity index (χ4n) is 4.72. The highest BCUT2D eigenvalue weighted by atomic mass is 16.5. The zero-order valence-corrected chi connectivity index (χ0v) is 16.6. The monoisotopic (exact) mass is 409 g/mol. The topological polar surface area (TPSA) is 102 Å². The van der Waals surface area contributed by atoms with Gasteiger partial charge in [0, 0.05) is 30.9 Å². The van der Waals surface area contributed by atoms with Gasteiger partial charge in [0.2, 0.25) is 0 Å². The number of para-hydroxylation sites is 1. The Morgan fingerprint density at radius 1 is 1.17 bits per heavy atom. The molecule has 3 aromatic rings. The van der Waals surface area contributed by atoms with Crippen LogP contribution in [-0.2, 0) is 11.8 Å². The Morgan fingerprint density at radius 2 is 1.90 bits per heavy atom. The smallest absolute Gasteiger partial charge is 0.407 e. The van der Waals surface area contributed by atoms with E-state index in [4.69, 9.17) is 4.74 Å². The molecule has 2 aromatic heterocycles. The molecule has 9 nitrogen and oxygen atoms in total. The van der Waals surface area contributed by atoms with Crippen LogP contribution in [0.25, 0.3) is 16.6 Å². The molecule has 2 bridgehead atoms. The normalized spacial score (nSPS) is 23.5. The van der Waals surface area contributed by atoms with Gasteiger partial charge in [0.15, 0.2) is 0 Å². The van der Waals surface area contributed by atoms with Gasteiger partial charge in [-0.1, -0.05) is 18.2 Å². The fourth-order valence-corrected chi connectivity index (χ4v) is 4.72. The molecule has 30 heavy (non-hydrogen) atoms. The number of morpholine rings is 1. The first-order valence-corrected chi connectivity index (χ1v) is 10.00. The van der Waals surface area contributed by atoms with Crippen LogP contribution in [-0.4, -0.2) is 67.7 Å². The SMILES string of the molecule is Cn1cc(-n2cc(C(=O)N[C@H]3C[C@H]4COC[C@@H](C3)N4C(=O)O)c3ccccc32)cn1. The second kappa shape index (κ2) is 7.17. The molecule has 2 amide bonds. The van der Waals surface area contributed by atoms with E-state index in [2.05, 4.69) is 10.4 Å². The summed E-state index contributed by atoms with van der Waals surface area (Å²) in [5.74, 6) is -0.151. The Balaban J connectivity index is 1.41. The van der Waals surface area contributed by atoms with Crippen LogP contribution in [0.2, 0.25) is 0 Å². The van der Waals surface area contributed by atoms with Gasteiger partial charge >= 0.3 is 6.09 Å². The number of nitrogens with one attached hydrogen (secondary N) is 1. The van der Waals surface area contributed by atoms with Gasteiger partial charge in [-0.15, -0.1) is 0 Å². The maximum Gasteiger partial charge on any atom is 0.407 e. The summed E-state index contributed by atoms with van der Waals surface area (Å²) in [6, 6.07) is 7.24. The number of piperidine rings is 1. The van der Waals surface area contributed by atoms with Crippen molar-refractivity contribution in [2.24, 2.45) is 7.05 Å². The Bertz CT molecular complexity index is 1110. The van der Waals surface area contributed by atoms with Gasteiger partial charge in [-0.25, -0.2) is 4.79 Å². The van der Waals surface area contributed by atoms with Gasteiger partial charge in [0.25, 0.3) is 5.91 Å². The van der Waals surface area contributed by atoms with Crippen LogP contribution in [0, 0.1) is 0 Å². The molecule has 0 spiro atoms. The van der Waals surface area contributed by atoms with Crippen LogP contribution >= 0.6 is 0 Å². The Hall–Kier alpha value is -3.33. The number of rotatable bonds is 3. The maximum absolute atomic E-state index is 13.2. The number of ether oxygens (including phenoxy) is 1. The maximum atomic E-state index is 13.2. The molecule has 0 unspecified atom stereocenters. The number of carbonyl (C=O) groups is 2. The first kappa shape index (κ1) is 18.7. The lowest BCUT2D eigenvalue weighted by Crippen LogP contribution is -2.62. The van der Waals surface area contributed by atoms with E-state index in [9.17, 15) is 14.7 Å². The Labute approximate surface area is 172 Å². The molecule has 156 valence electrons. The minimum atomic E-state index is -0.919. The first-order chi connectivity index (χ1) is 14.5. The van der Waals surface area contributed by atoms with Gasteiger partial charge < -0.3 is 19.7 Å².